The zero-order chi connectivity index (χ0) is 12.8. The first-order valence-corrected chi connectivity index (χ1v) is 5.32. The van der Waals surface area contributed by atoms with Gasteiger partial charge in [0.05, 0.1) is 24.7 Å². The Balaban J connectivity index is 3.18. The quantitative estimate of drug-likeness (QED) is 0.605. The van der Waals surface area contributed by atoms with E-state index >= 15 is 0 Å². The predicted molar refractivity (Wildman–Crippen MR) is 63.3 cm³/mol. The van der Waals surface area contributed by atoms with Gasteiger partial charge in [0.2, 0.25) is 0 Å². The average molecular weight is 240 g/mol. The molecule has 0 unspecified atom stereocenters. The van der Waals surface area contributed by atoms with Crippen LogP contribution >= 0.6 is 0 Å². The van der Waals surface area contributed by atoms with E-state index in [1.165, 1.54) is 13.2 Å². The molecule has 0 spiro atoms. The van der Waals surface area contributed by atoms with Crippen molar-refractivity contribution >= 4 is 5.69 Å². The molecule has 0 aliphatic heterocycles. The van der Waals surface area contributed by atoms with E-state index in [4.69, 9.17) is 15.2 Å². The van der Waals surface area contributed by atoms with E-state index in [2.05, 4.69) is 0 Å². The van der Waals surface area contributed by atoms with Crippen LogP contribution in [0.2, 0.25) is 0 Å². The Bertz CT molecular complexity index is 407. The number of nitro groups is 1. The van der Waals surface area contributed by atoms with Gasteiger partial charge in [0.15, 0.2) is 11.5 Å². The third-order valence-corrected chi connectivity index (χ3v) is 2.24. The highest BCUT2D eigenvalue weighted by molar-refractivity contribution is 5.54. The highest BCUT2D eigenvalue weighted by Gasteiger charge is 2.18. The van der Waals surface area contributed by atoms with Gasteiger partial charge in [-0.05, 0) is 12.5 Å². The van der Waals surface area contributed by atoms with E-state index in [1.807, 2.05) is 6.92 Å². The van der Waals surface area contributed by atoms with E-state index < -0.39 is 4.92 Å². The van der Waals surface area contributed by atoms with E-state index in [1.54, 1.807) is 6.07 Å². The second kappa shape index (κ2) is 6.05. The third kappa shape index (κ3) is 3.07. The molecule has 94 valence electrons. The van der Waals surface area contributed by atoms with Crippen molar-refractivity contribution in [1.29, 1.82) is 0 Å². The molecule has 0 aliphatic rings. The number of benzene rings is 1. The monoisotopic (exact) mass is 240 g/mol. The van der Waals surface area contributed by atoms with Crippen molar-refractivity contribution in [2.75, 3.05) is 13.7 Å². The van der Waals surface area contributed by atoms with Crippen molar-refractivity contribution in [2.45, 2.75) is 19.9 Å². The molecule has 0 aliphatic carbocycles. The van der Waals surface area contributed by atoms with Crippen molar-refractivity contribution in [3.05, 3.63) is 27.8 Å². The molecular weight excluding hydrogens is 224 g/mol. The minimum Gasteiger partial charge on any atom is -0.493 e. The molecule has 0 atom stereocenters. The van der Waals surface area contributed by atoms with Crippen LogP contribution in [0.1, 0.15) is 18.9 Å². The summed E-state index contributed by atoms with van der Waals surface area (Å²) < 4.78 is 10.5. The Hall–Kier alpha value is -1.82. The summed E-state index contributed by atoms with van der Waals surface area (Å²) in [6.07, 6.45) is 0.815. The van der Waals surface area contributed by atoms with Gasteiger partial charge in [-0.3, -0.25) is 10.1 Å². The lowest BCUT2D eigenvalue weighted by atomic mass is 10.1. The Labute approximate surface area is 99.5 Å². The standard InChI is InChI=1S/C11H16N2O4/c1-3-4-17-11-6-9(13(14)15)8(7-12)5-10(11)16-2/h5-6H,3-4,7,12H2,1-2H3. The summed E-state index contributed by atoms with van der Waals surface area (Å²) >= 11 is 0. The molecule has 6 heteroatoms. The summed E-state index contributed by atoms with van der Waals surface area (Å²) in [5, 5.41) is 10.9. The number of ether oxygens (including phenoxy) is 2. The molecule has 0 saturated carbocycles. The molecule has 0 aromatic heterocycles. The van der Waals surface area contributed by atoms with Crippen LogP contribution in [0.3, 0.4) is 0 Å². The zero-order valence-electron chi connectivity index (χ0n) is 9.93. The van der Waals surface area contributed by atoms with E-state index in [-0.39, 0.29) is 12.2 Å². The average Bonchev–Trinajstić information content (AvgIpc) is 2.34. The van der Waals surface area contributed by atoms with Crippen LogP contribution in [0.5, 0.6) is 11.5 Å². The van der Waals surface area contributed by atoms with E-state index in [9.17, 15) is 10.1 Å². The van der Waals surface area contributed by atoms with Gasteiger partial charge < -0.3 is 15.2 Å². The Kier molecular flexibility index (Phi) is 4.71. The summed E-state index contributed by atoms with van der Waals surface area (Å²) in [6.45, 7) is 2.52. The summed E-state index contributed by atoms with van der Waals surface area (Å²) in [7, 11) is 1.49. The molecule has 6 nitrogen and oxygen atoms in total. The summed E-state index contributed by atoms with van der Waals surface area (Å²) in [5.41, 5.74) is 5.85. The van der Waals surface area contributed by atoms with Crippen molar-refractivity contribution in [3.63, 3.8) is 0 Å². The maximum absolute atomic E-state index is 10.9. The van der Waals surface area contributed by atoms with E-state index in [0.717, 1.165) is 6.42 Å². The van der Waals surface area contributed by atoms with Crippen LogP contribution in [0.4, 0.5) is 5.69 Å². The lowest BCUT2D eigenvalue weighted by Gasteiger charge is -2.11. The van der Waals surface area contributed by atoms with Crippen LogP contribution in [-0.2, 0) is 6.54 Å². The minimum atomic E-state index is -0.472. The number of nitrogens with two attached hydrogens (primary N) is 1. The molecule has 0 saturated heterocycles. The van der Waals surface area contributed by atoms with Crippen LogP contribution in [-0.4, -0.2) is 18.6 Å². The number of rotatable bonds is 6. The normalized spacial score (nSPS) is 10.1. The van der Waals surface area contributed by atoms with Gasteiger partial charge in [-0.1, -0.05) is 6.92 Å². The maximum atomic E-state index is 10.9. The SMILES string of the molecule is CCCOc1cc([N+](=O)[O-])c(CN)cc1OC. The number of nitro benzene ring substituents is 1. The minimum absolute atomic E-state index is 0.0422. The van der Waals surface area contributed by atoms with Crippen LogP contribution in [0.15, 0.2) is 12.1 Å². The molecule has 1 aromatic rings. The molecule has 0 heterocycles. The smallest absolute Gasteiger partial charge is 0.277 e. The van der Waals surface area contributed by atoms with Gasteiger partial charge >= 0.3 is 0 Å². The Morgan fingerprint density at radius 3 is 2.59 bits per heavy atom. The van der Waals surface area contributed by atoms with Crippen molar-refractivity contribution in [1.82, 2.24) is 0 Å². The van der Waals surface area contributed by atoms with Crippen LogP contribution in [0.25, 0.3) is 0 Å². The number of methoxy groups -OCH3 is 1. The van der Waals surface area contributed by atoms with Gasteiger partial charge in [0.1, 0.15) is 0 Å². The summed E-state index contributed by atoms with van der Waals surface area (Å²) in [6, 6.07) is 2.90. The van der Waals surface area contributed by atoms with Crippen molar-refractivity contribution in [3.8, 4) is 11.5 Å². The highest BCUT2D eigenvalue weighted by atomic mass is 16.6. The van der Waals surface area contributed by atoms with Gasteiger partial charge in [-0.25, -0.2) is 0 Å². The van der Waals surface area contributed by atoms with E-state index in [0.29, 0.717) is 23.7 Å². The number of hydrogen-bond donors (Lipinski definition) is 1. The van der Waals surface area contributed by atoms with Crippen molar-refractivity contribution in [2.24, 2.45) is 5.73 Å². The fraction of sp³-hybridized carbons (Fsp3) is 0.455. The zero-order valence-corrected chi connectivity index (χ0v) is 9.93. The van der Waals surface area contributed by atoms with Crippen LogP contribution < -0.4 is 15.2 Å². The molecule has 2 N–H and O–H groups in total. The fourth-order valence-corrected chi connectivity index (χ4v) is 1.41. The van der Waals surface area contributed by atoms with Crippen LogP contribution in [0, 0.1) is 10.1 Å². The second-order valence-electron chi connectivity index (χ2n) is 3.44. The predicted octanol–water partition coefficient (Wildman–Crippen LogP) is 1.85. The molecule has 0 radical (unpaired) electrons. The largest absolute Gasteiger partial charge is 0.493 e. The molecule has 1 aromatic carbocycles. The van der Waals surface area contributed by atoms with Gasteiger partial charge in [-0.2, -0.15) is 0 Å². The molecular formula is C11H16N2O4. The first-order chi connectivity index (χ1) is 8.13. The molecule has 17 heavy (non-hydrogen) atoms. The number of hydrogen-bond acceptors (Lipinski definition) is 5. The molecule has 0 amide bonds. The van der Waals surface area contributed by atoms with Crippen molar-refractivity contribution < 1.29 is 14.4 Å². The topological polar surface area (TPSA) is 87.6 Å². The Morgan fingerprint density at radius 2 is 2.12 bits per heavy atom. The first kappa shape index (κ1) is 13.2. The number of nitrogens with zero attached hydrogens (tertiary/aromatic N) is 1. The molecule has 0 bridgehead atoms. The maximum Gasteiger partial charge on any atom is 0.277 e. The van der Waals surface area contributed by atoms with Gasteiger partial charge in [0, 0.05) is 12.1 Å². The van der Waals surface area contributed by atoms with Gasteiger partial charge in [-0.15, -0.1) is 0 Å². The Morgan fingerprint density at radius 1 is 1.41 bits per heavy atom. The lowest BCUT2D eigenvalue weighted by molar-refractivity contribution is -0.385. The second-order valence-corrected chi connectivity index (χ2v) is 3.44. The molecule has 0 fully saturated rings. The first-order valence-electron chi connectivity index (χ1n) is 5.32. The van der Waals surface area contributed by atoms with Gasteiger partial charge in [0.25, 0.3) is 5.69 Å². The highest BCUT2D eigenvalue weighted by Crippen LogP contribution is 2.34. The summed E-state index contributed by atoms with van der Waals surface area (Å²) in [4.78, 5) is 10.4. The lowest BCUT2D eigenvalue weighted by Crippen LogP contribution is -2.05. The summed E-state index contributed by atoms with van der Waals surface area (Å²) in [5.74, 6) is 0.836. The fourth-order valence-electron chi connectivity index (χ4n) is 1.41. The molecule has 1 rings (SSSR count). The third-order valence-electron chi connectivity index (χ3n) is 2.24.